The third-order valence-corrected chi connectivity index (χ3v) is 3.40. The number of ether oxygens (including phenoxy) is 1. The molecule has 3 rings (SSSR count). The Morgan fingerprint density at radius 1 is 1.11 bits per heavy atom. The van der Waals surface area contributed by atoms with Crippen LogP contribution in [0.5, 0.6) is 0 Å². The van der Waals surface area contributed by atoms with Gasteiger partial charge in [0.15, 0.2) is 5.60 Å². The van der Waals surface area contributed by atoms with Gasteiger partial charge in [-0.25, -0.2) is 0 Å². The summed E-state index contributed by atoms with van der Waals surface area (Å²) in [5, 5.41) is 6.22. The molecule has 18 heavy (non-hydrogen) atoms. The fourth-order valence-corrected chi connectivity index (χ4v) is 2.48. The molecule has 0 saturated heterocycles. The van der Waals surface area contributed by atoms with E-state index in [-0.39, 0.29) is 5.92 Å². The van der Waals surface area contributed by atoms with E-state index in [1.165, 1.54) is 5.57 Å². The number of dihydropyridines is 2. The number of nitrogens with one attached hydrogen (secondary N) is 2. The molecule has 3 aliphatic heterocycles. The van der Waals surface area contributed by atoms with Crippen molar-refractivity contribution in [1.29, 1.82) is 0 Å². The van der Waals surface area contributed by atoms with Gasteiger partial charge in [-0.05, 0) is 42.7 Å². The fraction of sp³-hybridized carbons (Fsp3) is 0.200. The molecular weight excluding hydrogens is 224 g/mol. The molecule has 0 aliphatic carbocycles. The van der Waals surface area contributed by atoms with Gasteiger partial charge in [0.2, 0.25) is 0 Å². The van der Waals surface area contributed by atoms with Crippen molar-refractivity contribution in [3.05, 3.63) is 73.1 Å². The van der Waals surface area contributed by atoms with Gasteiger partial charge in [0, 0.05) is 12.1 Å². The molecule has 0 aromatic rings. The number of rotatable bonds is 2. The van der Waals surface area contributed by atoms with E-state index < -0.39 is 5.60 Å². The van der Waals surface area contributed by atoms with Crippen LogP contribution in [0.15, 0.2) is 73.1 Å². The molecule has 0 aromatic heterocycles. The Labute approximate surface area is 107 Å². The van der Waals surface area contributed by atoms with E-state index >= 15 is 0 Å². The van der Waals surface area contributed by atoms with Crippen molar-refractivity contribution in [2.45, 2.75) is 12.0 Å². The van der Waals surface area contributed by atoms with Gasteiger partial charge in [-0.1, -0.05) is 24.3 Å². The lowest BCUT2D eigenvalue weighted by molar-refractivity contribution is 0.0726. The molecule has 0 spiro atoms. The van der Waals surface area contributed by atoms with Gasteiger partial charge in [-0.15, -0.1) is 0 Å². The lowest BCUT2D eigenvalue weighted by Gasteiger charge is -2.39. The zero-order chi connectivity index (χ0) is 12.3. The molecule has 0 aromatic carbocycles. The molecule has 1 unspecified atom stereocenters. The summed E-state index contributed by atoms with van der Waals surface area (Å²) in [6.07, 6.45) is 23.0. The van der Waals surface area contributed by atoms with Crippen LogP contribution < -0.4 is 10.6 Å². The third-order valence-electron chi connectivity index (χ3n) is 3.40. The van der Waals surface area contributed by atoms with Crippen LogP contribution in [0, 0.1) is 5.92 Å². The predicted octanol–water partition coefficient (Wildman–Crippen LogP) is 2.46. The lowest BCUT2D eigenvalue weighted by Crippen LogP contribution is -2.41. The van der Waals surface area contributed by atoms with Crippen LogP contribution in [-0.2, 0) is 4.74 Å². The summed E-state index contributed by atoms with van der Waals surface area (Å²) in [7, 11) is 0. The summed E-state index contributed by atoms with van der Waals surface area (Å²) in [5.74, 6) is 0.194. The fourth-order valence-electron chi connectivity index (χ4n) is 2.48. The summed E-state index contributed by atoms with van der Waals surface area (Å²) in [6, 6.07) is 0. The standard InChI is InChI=1S/C15H16N2O/c1-2-11-18-15(7-1,13-5-9-16-10-6-13)14-4-3-8-17-12-14/h1-3,5-13,16-17H,4H2. The maximum absolute atomic E-state index is 6.00. The first-order valence-electron chi connectivity index (χ1n) is 6.14. The molecule has 0 fully saturated rings. The summed E-state index contributed by atoms with van der Waals surface area (Å²) >= 11 is 0. The molecule has 0 radical (unpaired) electrons. The molecule has 2 N–H and O–H groups in total. The Kier molecular flexibility index (Phi) is 2.81. The van der Waals surface area contributed by atoms with Gasteiger partial charge < -0.3 is 15.4 Å². The first-order valence-corrected chi connectivity index (χ1v) is 6.14. The van der Waals surface area contributed by atoms with Crippen molar-refractivity contribution in [3.8, 4) is 0 Å². The smallest absolute Gasteiger partial charge is 0.159 e. The molecule has 3 nitrogen and oxygen atoms in total. The molecule has 0 saturated carbocycles. The Morgan fingerprint density at radius 3 is 2.67 bits per heavy atom. The molecule has 3 heterocycles. The zero-order valence-electron chi connectivity index (χ0n) is 10.0. The second kappa shape index (κ2) is 4.61. The predicted molar refractivity (Wildman–Crippen MR) is 72.0 cm³/mol. The molecule has 0 amide bonds. The molecule has 0 bridgehead atoms. The Balaban J connectivity index is 1.98. The van der Waals surface area contributed by atoms with Crippen LogP contribution in [0.4, 0.5) is 0 Å². The minimum atomic E-state index is -0.415. The maximum atomic E-state index is 6.00. The molecular formula is C15H16N2O. The minimum absolute atomic E-state index is 0.194. The molecule has 3 heteroatoms. The van der Waals surface area contributed by atoms with Crippen molar-refractivity contribution in [2.24, 2.45) is 5.92 Å². The van der Waals surface area contributed by atoms with Crippen LogP contribution in [0.2, 0.25) is 0 Å². The Morgan fingerprint density at radius 2 is 2.00 bits per heavy atom. The van der Waals surface area contributed by atoms with Crippen LogP contribution >= 0.6 is 0 Å². The third kappa shape index (κ3) is 1.78. The van der Waals surface area contributed by atoms with Gasteiger partial charge in [-0.3, -0.25) is 0 Å². The first kappa shape index (κ1) is 11.0. The Bertz CT molecular complexity index is 485. The average molecular weight is 240 g/mol. The van der Waals surface area contributed by atoms with Crippen LogP contribution in [0.3, 0.4) is 0 Å². The van der Waals surface area contributed by atoms with Crippen molar-refractivity contribution >= 4 is 0 Å². The highest BCUT2D eigenvalue weighted by Crippen LogP contribution is 2.38. The molecule has 92 valence electrons. The van der Waals surface area contributed by atoms with Crippen molar-refractivity contribution in [3.63, 3.8) is 0 Å². The van der Waals surface area contributed by atoms with Crippen LogP contribution in [-0.4, -0.2) is 5.60 Å². The maximum Gasteiger partial charge on any atom is 0.159 e. The van der Waals surface area contributed by atoms with Crippen molar-refractivity contribution in [1.82, 2.24) is 10.6 Å². The number of hydrogen-bond donors (Lipinski definition) is 2. The highest BCUT2D eigenvalue weighted by Gasteiger charge is 2.40. The van der Waals surface area contributed by atoms with E-state index in [0.717, 1.165) is 6.42 Å². The van der Waals surface area contributed by atoms with Gasteiger partial charge in [0.25, 0.3) is 0 Å². The lowest BCUT2D eigenvalue weighted by atomic mass is 9.77. The van der Waals surface area contributed by atoms with E-state index in [2.05, 4.69) is 34.9 Å². The van der Waals surface area contributed by atoms with E-state index in [9.17, 15) is 0 Å². The quantitative estimate of drug-likeness (QED) is 0.778. The topological polar surface area (TPSA) is 33.3 Å². The van der Waals surface area contributed by atoms with E-state index in [1.807, 2.05) is 37.0 Å². The van der Waals surface area contributed by atoms with Crippen LogP contribution in [0.25, 0.3) is 0 Å². The SMILES string of the molecule is C1=COC(C2=CNC=CC2)(C2C=CNC=C2)C=C1. The van der Waals surface area contributed by atoms with E-state index in [0.29, 0.717) is 0 Å². The van der Waals surface area contributed by atoms with Gasteiger partial charge in [0.1, 0.15) is 0 Å². The van der Waals surface area contributed by atoms with Crippen molar-refractivity contribution in [2.75, 3.05) is 0 Å². The van der Waals surface area contributed by atoms with E-state index in [4.69, 9.17) is 4.74 Å². The van der Waals surface area contributed by atoms with Gasteiger partial charge in [0.05, 0.1) is 6.26 Å². The average Bonchev–Trinajstić information content (AvgIpc) is 2.50. The molecule has 3 aliphatic rings. The van der Waals surface area contributed by atoms with Crippen LogP contribution in [0.1, 0.15) is 6.42 Å². The number of hydrogen-bond acceptors (Lipinski definition) is 3. The second-order valence-electron chi connectivity index (χ2n) is 4.45. The summed E-state index contributed by atoms with van der Waals surface area (Å²) < 4.78 is 6.00. The summed E-state index contributed by atoms with van der Waals surface area (Å²) in [6.45, 7) is 0. The number of allylic oxidation sites excluding steroid dienone is 3. The minimum Gasteiger partial charge on any atom is -0.485 e. The zero-order valence-corrected chi connectivity index (χ0v) is 10.0. The molecule has 1 atom stereocenters. The monoisotopic (exact) mass is 240 g/mol. The highest BCUT2D eigenvalue weighted by molar-refractivity contribution is 5.38. The van der Waals surface area contributed by atoms with Gasteiger partial charge >= 0.3 is 0 Å². The highest BCUT2D eigenvalue weighted by atomic mass is 16.5. The summed E-state index contributed by atoms with van der Waals surface area (Å²) in [5.41, 5.74) is 0.813. The second-order valence-corrected chi connectivity index (χ2v) is 4.45. The summed E-state index contributed by atoms with van der Waals surface area (Å²) in [4.78, 5) is 0. The Hall–Kier alpha value is -2.16. The largest absolute Gasteiger partial charge is 0.485 e. The van der Waals surface area contributed by atoms with Gasteiger partial charge in [-0.2, -0.15) is 0 Å². The normalized spacial score (nSPS) is 29.4. The first-order chi connectivity index (χ1) is 8.92. The van der Waals surface area contributed by atoms with Crippen molar-refractivity contribution < 1.29 is 4.74 Å². The van der Waals surface area contributed by atoms with E-state index in [1.54, 1.807) is 6.26 Å².